The van der Waals surface area contributed by atoms with Crippen LogP contribution >= 0.6 is 0 Å². The number of aryl methyl sites for hydroxylation is 1. The standard InChI is InChI=1S/C32H30N2O/c1-23-13-18-29(34-24(2)32(19-20-32)28-11-7-4-8-12-28)21-30(23)26-16-14-25(15-17-26)22-33-31(35)27-9-5-3-6-10-27/h3-18,21,34H,2,19-20,22H2,1H3,(H,33,35). The molecule has 3 nitrogen and oxygen atoms in total. The Morgan fingerprint density at radius 2 is 1.51 bits per heavy atom. The van der Waals surface area contributed by atoms with Gasteiger partial charge in [0.2, 0.25) is 0 Å². The smallest absolute Gasteiger partial charge is 0.251 e. The maximum Gasteiger partial charge on any atom is 0.251 e. The highest BCUT2D eigenvalue weighted by Crippen LogP contribution is 2.53. The molecule has 0 saturated heterocycles. The number of hydrogen-bond acceptors (Lipinski definition) is 2. The van der Waals surface area contributed by atoms with Gasteiger partial charge in [0.1, 0.15) is 0 Å². The molecule has 0 aromatic heterocycles. The molecule has 1 fully saturated rings. The SMILES string of the molecule is C=C(Nc1ccc(C)c(-c2ccc(CNC(=O)c3ccccc3)cc2)c1)C1(c2ccccc2)CC1. The molecule has 174 valence electrons. The van der Waals surface area contributed by atoms with Crippen molar-refractivity contribution in [1.29, 1.82) is 0 Å². The lowest BCUT2D eigenvalue weighted by Crippen LogP contribution is -2.22. The first-order valence-corrected chi connectivity index (χ1v) is 12.1. The Morgan fingerprint density at radius 3 is 2.17 bits per heavy atom. The fourth-order valence-electron chi connectivity index (χ4n) is 4.63. The molecule has 1 aliphatic rings. The zero-order valence-corrected chi connectivity index (χ0v) is 20.1. The normalized spacial score (nSPS) is 13.6. The molecule has 0 spiro atoms. The lowest BCUT2D eigenvalue weighted by molar-refractivity contribution is 0.0951. The second kappa shape index (κ2) is 9.63. The Bertz CT molecular complexity index is 1340. The van der Waals surface area contributed by atoms with Gasteiger partial charge in [-0.05, 0) is 71.8 Å². The lowest BCUT2D eigenvalue weighted by atomic mass is 9.92. The van der Waals surface area contributed by atoms with E-state index in [4.69, 9.17) is 0 Å². The largest absolute Gasteiger partial charge is 0.359 e. The van der Waals surface area contributed by atoms with Crippen molar-refractivity contribution in [3.63, 3.8) is 0 Å². The minimum Gasteiger partial charge on any atom is -0.359 e. The summed E-state index contributed by atoms with van der Waals surface area (Å²) in [7, 11) is 0. The summed E-state index contributed by atoms with van der Waals surface area (Å²) in [5, 5.41) is 6.59. The number of carbonyl (C=O) groups excluding carboxylic acids is 1. The highest BCUT2D eigenvalue weighted by Gasteiger charge is 2.46. The van der Waals surface area contributed by atoms with Crippen molar-refractivity contribution < 1.29 is 4.79 Å². The predicted molar refractivity (Wildman–Crippen MR) is 144 cm³/mol. The Labute approximate surface area is 207 Å². The van der Waals surface area contributed by atoms with Gasteiger partial charge in [0.15, 0.2) is 0 Å². The number of amides is 1. The third kappa shape index (κ3) is 4.90. The van der Waals surface area contributed by atoms with Crippen LogP contribution in [0.4, 0.5) is 5.69 Å². The second-order valence-corrected chi connectivity index (χ2v) is 9.33. The van der Waals surface area contributed by atoms with Crippen LogP contribution in [0, 0.1) is 6.92 Å². The van der Waals surface area contributed by atoms with Crippen LogP contribution in [0.5, 0.6) is 0 Å². The maximum atomic E-state index is 12.3. The van der Waals surface area contributed by atoms with Crippen LogP contribution in [0.2, 0.25) is 0 Å². The first-order valence-electron chi connectivity index (χ1n) is 12.1. The summed E-state index contributed by atoms with van der Waals surface area (Å²) in [5.41, 5.74) is 8.78. The highest BCUT2D eigenvalue weighted by molar-refractivity contribution is 5.94. The summed E-state index contributed by atoms with van der Waals surface area (Å²) in [4.78, 5) is 12.3. The molecule has 2 N–H and O–H groups in total. The lowest BCUT2D eigenvalue weighted by Gasteiger charge is -2.21. The quantitative estimate of drug-likeness (QED) is 0.292. The van der Waals surface area contributed by atoms with E-state index in [0.717, 1.165) is 35.4 Å². The van der Waals surface area contributed by atoms with Crippen LogP contribution in [-0.2, 0) is 12.0 Å². The van der Waals surface area contributed by atoms with Crippen LogP contribution in [0.1, 0.15) is 39.9 Å². The Balaban J connectivity index is 1.27. The highest BCUT2D eigenvalue weighted by atomic mass is 16.1. The van der Waals surface area contributed by atoms with Crippen molar-refractivity contribution in [3.05, 3.63) is 138 Å². The molecule has 1 aliphatic carbocycles. The molecular formula is C32H30N2O. The van der Waals surface area contributed by atoms with Crippen LogP contribution in [0.3, 0.4) is 0 Å². The Kier molecular flexibility index (Phi) is 6.24. The van der Waals surface area contributed by atoms with E-state index in [0.29, 0.717) is 12.1 Å². The van der Waals surface area contributed by atoms with Gasteiger partial charge in [-0.15, -0.1) is 0 Å². The van der Waals surface area contributed by atoms with Crippen molar-refractivity contribution in [1.82, 2.24) is 5.32 Å². The topological polar surface area (TPSA) is 41.1 Å². The van der Waals surface area contributed by atoms with Crippen LogP contribution in [0.25, 0.3) is 11.1 Å². The van der Waals surface area contributed by atoms with Gasteiger partial charge in [0.25, 0.3) is 5.91 Å². The number of allylic oxidation sites excluding steroid dienone is 1. The molecule has 1 amide bonds. The van der Waals surface area contributed by atoms with Crippen molar-refractivity contribution in [3.8, 4) is 11.1 Å². The summed E-state index contributed by atoms with van der Waals surface area (Å²) >= 11 is 0. The van der Waals surface area contributed by atoms with E-state index in [9.17, 15) is 4.79 Å². The molecule has 1 saturated carbocycles. The van der Waals surface area contributed by atoms with Crippen molar-refractivity contribution in [2.24, 2.45) is 0 Å². The van der Waals surface area contributed by atoms with Crippen molar-refractivity contribution in [2.45, 2.75) is 31.7 Å². The van der Waals surface area contributed by atoms with Crippen LogP contribution in [0.15, 0.2) is 115 Å². The predicted octanol–water partition coefficient (Wildman–Crippen LogP) is 7.25. The summed E-state index contributed by atoms with van der Waals surface area (Å²) in [6, 6.07) is 34.8. The van der Waals surface area contributed by atoms with E-state index < -0.39 is 0 Å². The number of carbonyl (C=O) groups is 1. The van der Waals surface area contributed by atoms with E-state index in [1.54, 1.807) is 0 Å². The van der Waals surface area contributed by atoms with Crippen LogP contribution in [-0.4, -0.2) is 5.91 Å². The molecule has 0 aliphatic heterocycles. The van der Waals surface area contributed by atoms with Crippen molar-refractivity contribution in [2.75, 3.05) is 5.32 Å². The van der Waals surface area contributed by atoms with Gasteiger partial charge in [-0.2, -0.15) is 0 Å². The number of nitrogens with one attached hydrogen (secondary N) is 2. The fraction of sp³-hybridized carbons (Fsp3) is 0.156. The minimum absolute atomic E-state index is 0.0398. The summed E-state index contributed by atoms with van der Waals surface area (Å²) in [6.07, 6.45) is 2.26. The third-order valence-corrected chi connectivity index (χ3v) is 6.94. The number of rotatable bonds is 8. The van der Waals surface area contributed by atoms with Crippen LogP contribution < -0.4 is 10.6 Å². The van der Waals surface area contributed by atoms with E-state index >= 15 is 0 Å². The molecule has 0 bridgehead atoms. The average Bonchev–Trinajstić information content (AvgIpc) is 3.72. The van der Waals surface area contributed by atoms with Gasteiger partial charge < -0.3 is 10.6 Å². The number of benzene rings is 4. The van der Waals surface area contributed by atoms with Crippen molar-refractivity contribution >= 4 is 11.6 Å². The number of anilines is 1. The van der Waals surface area contributed by atoms with Gasteiger partial charge in [-0.25, -0.2) is 0 Å². The van der Waals surface area contributed by atoms with Gasteiger partial charge in [0.05, 0.1) is 0 Å². The molecule has 35 heavy (non-hydrogen) atoms. The first kappa shape index (κ1) is 22.7. The Hall–Kier alpha value is -4.11. The monoisotopic (exact) mass is 458 g/mol. The third-order valence-electron chi connectivity index (χ3n) is 6.94. The fourth-order valence-corrected chi connectivity index (χ4v) is 4.63. The summed E-state index contributed by atoms with van der Waals surface area (Å²) in [6.45, 7) is 7.04. The van der Waals surface area contributed by atoms with E-state index in [-0.39, 0.29) is 11.3 Å². The van der Waals surface area contributed by atoms with Gasteiger partial charge in [-0.1, -0.05) is 85.4 Å². The maximum absolute atomic E-state index is 12.3. The zero-order chi connectivity index (χ0) is 24.3. The Morgan fingerprint density at radius 1 is 0.857 bits per heavy atom. The first-order chi connectivity index (χ1) is 17.0. The number of hydrogen-bond donors (Lipinski definition) is 2. The average molecular weight is 459 g/mol. The van der Waals surface area contributed by atoms with E-state index in [1.807, 2.05) is 30.3 Å². The molecule has 4 aromatic carbocycles. The molecule has 0 atom stereocenters. The summed E-state index contributed by atoms with van der Waals surface area (Å²) in [5.74, 6) is -0.0616. The molecule has 0 radical (unpaired) electrons. The van der Waals surface area contributed by atoms with E-state index in [1.165, 1.54) is 16.7 Å². The molecular weight excluding hydrogens is 428 g/mol. The van der Waals surface area contributed by atoms with E-state index in [2.05, 4.69) is 96.9 Å². The zero-order valence-electron chi connectivity index (χ0n) is 20.1. The molecule has 5 rings (SSSR count). The summed E-state index contributed by atoms with van der Waals surface area (Å²) < 4.78 is 0. The van der Waals surface area contributed by atoms with Gasteiger partial charge >= 0.3 is 0 Å². The molecule has 0 unspecified atom stereocenters. The van der Waals surface area contributed by atoms with Gasteiger partial charge in [0, 0.05) is 28.9 Å². The molecule has 0 heterocycles. The van der Waals surface area contributed by atoms with Gasteiger partial charge in [-0.3, -0.25) is 4.79 Å². The minimum atomic E-state index is -0.0616. The second-order valence-electron chi connectivity index (χ2n) is 9.33. The molecule has 4 aromatic rings. The molecule has 3 heteroatoms.